The number of hydrogen-bond donors (Lipinski definition) is 1. The summed E-state index contributed by atoms with van der Waals surface area (Å²) in [6, 6.07) is 5.75. The molecule has 5 heteroatoms. The normalized spacial score (nSPS) is 16.1. The zero-order valence-corrected chi connectivity index (χ0v) is 12.2. The molecule has 0 saturated carbocycles. The van der Waals surface area contributed by atoms with Crippen molar-refractivity contribution in [2.45, 2.75) is 26.3 Å². The first-order valence-electron chi connectivity index (χ1n) is 7.44. The Bertz CT molecular complexity index is 402. The molecule has 0 aromatic carbocycles. The number of urea groups is 1. The minimum Gasteiger partial charge on any atom is -0.332 e. The van der Waals surface area contributed by atoms with Gasteiger partial charge in [0.05, 0.1) is 12.2 Å². The van der Waals surface area contributed by atoms with Crippen molar-refractivity contribution >= 4 is 6.03 Å². The smallest absolute Gasteiger partial charge is 0.317 e. The minimum absolute atomic E-state index is 0.0193. The van der Waals surface area contributed by atoms with Gasteiger partial charge in [-0.1, -0.05) is 19.4 Å². The molecule has 0 radical (unpaired) electrons. The van der Waals surface area contributed by atoms with E-state index in [9.17, 15) is 4.79 Å². The molecule has 110 valence electrons. The summed E-state index contributed by atoms with van der Waals surface area (Å²) >= 11 is 0. The molecule has 2 rings (SSSR count). The molecule has 2 heterocycles. The Morgan fingerprint density at radius 3 is 2.75 bits per heavy atom. The second-order valence-electron chi connectivity index (χ2n) is 5.16. The van der Waals surface area contributed by atoms with Crippen molar-refractivity contribution in [3.05, 3.63) is 30.1 Å². The maximum Gasteiger partial charge on any atom is 0.317 e. The highest BCUT2D eigenvalue weighted by atomic mass is 16.2. The van der Waals surface area contributed by atoms with Crippen molar-refractivity contribution in [1.29, 1.82) is 0 Å². The van der Waals surface area contributed by atoms with E-state index in [1.807, 2.05) is 23.1 Å². The van der Waals surface area contributed by atoms with Crippen molar-refractivity contribution in [3.8, 4) is 0 Å². The molecular weight excluding hydrogens is 252 g/mol. The highest BCUT2D eigenvalue weighted by molar-refractivity contribution is 5.74. The summed E-state index contributed by atoms with van der Waals surface area (Å²) < 4.78 is 0. The van der Waals surface area contributed by atoms with Gasteiger partial charge in [0.15, 0.2) is 0 Å². The Balaban J connectivity index is 1.69. The van der Waals surface area contributed by atoms with Crippen LogP contribution in [0.5, 0.6) is 0 Å². The van der Waals surface area contributed by atoms with Crippen LogP contribution >= 0.6 is 0 Å². The molecule has 1 aliphatic rings. The van der Waals surface area contributed by atoms with Gasteiger partial charge >= 0.3 is 6.03 Å². The van der Waals surface area contributed by atoms with Crippen LogP contribution in [0.2, 0.25) is 0 Å². The van der Waals surface area contributed by atoms with Crippen LogP contribution in [-0.2, 0) is 6.54 Å². The lowest BCUT2D eigenvalue weighted by atomic mass is 10.2. The van der Waals surface area contributed by atoms with Gasteiger partial charge in [-0.25, -0.2) is 4.79 Å². The van der Waals surface area contributed by atoms with E-state index in [0.717, 1.165) is 38.4 Å². The van der Waals surface area contributed by atoms with Gasteiger partial charge in [-0.05, 0) is 25.1 Å². The van der Waals surface area contributed by atoms with Gasteiger partial charge in [-0.3, -0.25) is 9.88 Å². The zero-order valence-electron chi connectivity index (χ0n) is 12.2. The first-order valence-corrected chi connectivity index (χ1v) is 7.44. The van der Waals surface area contributed by atoms with Crippen LogP contribution in [0.1, 0.15) is 25.5 Å². The number of unbranched alkanes of at least 4 members (excludes halogenated alkanes) is 1. The molecule has 0 bridgehead atoms. The minimum atomic E-state index is 0.0193. The fourth-order valence-corrected chi connectivity index (χ4v) is 2.34. The number of hydrogen-bond acceptors (Lipinski definition) is 3. The average molecular weight is 276 g/mol. The van der Waals surface area contributed by atoms with E-state index in [0.29, 0.717) is 6.54 Å². The second-order valence-corrected chi connectivity index (χ2v) is 5.16. The van der Waals surface area contributed by atoms with Crippen molar-refractivity contribution in [2.24, 2.45) is 0 Å². The van der Waals surface area contributed by atoms with E-state index in [-0.39, 0.29) is 6.03 Å². The van der Waals surface area contributed by atoms with Crippen LogP contribution in [0.3, 0.4) is 0 Å². The van der Waals surface area contributed by atoms with E-state index in [1.54, 1.807) is 6.20 Å². The van der Waals surface area contributed by atoms with Gasteiger partial charge in [0, 0.05) is 32.4 Å². The van der Waals surface area contributed by atoms with E-state index >= 15 is 0 Å². The molecule has 1 aromatic rings. The largest absolute Gasteiger partial charge is 0.332 e. The van der Waals surface area contributed by atoms with Crippen LogP contribution in [0.4, 0.5) is 4.79 Å². The summed E-state index contributed by atoms with van der Waals surface area (Å²) in [5, 5.41) is 2.93. The van der Waals surface area contributed by atoms with Crippen LogP contribution in [0, 0.1) is 0 Å². The molecular formula is C15H24N4O. The van der Waals surface area contributed by atoms with Crippen molar-refractivity contribution < 1.29 is 4.79 Å². The first-order chi connectivity index (χ1) is 9.79. The third kappa shape index (κ3) is 4.49. The van der Waals surface area contributed by atoms with E-state index < -0.39 is 0 Å². The van der Waals surface area contributed by atoms with Crippen LogP contribution < -0.4 is 5.32 Å². The van der Waals surface area contributed by atoms with Gasteiger partial charge in [0.25, 0.3) is 0 Å². The molecule has 5 nitrogen and oxygen atoms in total. The molecule has 1 fully saturated rings. The summed E-state index contributed by atoms with van der Waals surface area (Å²) in [7, 11) is 0. The van der Waals surface area contributed by atoms with Crippen LogP contribution in [0.15, 0.2) is 24.4 Å². The third-order valence-electron chi connectivity index (χ3n) is 3.63. The predicted molar refractivity (Wildman–Crippen MR) is 79.4 cm³/mol. The van der Waals surface area contributed by atoms with Crippen molar-refractivity contribution in [3.63, 3.8) is 0 Å². The average Bonchev–Trinajstić information content (AvgIpc) is 2.52. The highest BCUT2D eigenvalue weighted by Gasteiger charge is 2.20. The third-order valence-corrected chi connectivity index (χ3v) is 3.63. The SMILES string of the molecule is CCCCN1CCN(C(=O)NCc2ccccn2)CC1. The Hall–Kier alpha value is -1.62. The molecule has 1 aromatic heterocycles. The maximum atomic E-state index is 12.1. The fourth-order valence-electron chi connectivity index (χ4n) is 2.34. The summed E-state index contributed by atoms with van der Waals surface area (Å²) in [6.07, 6.45) is 4.21. The van der Waals surface area contributed by atoms with E-state index in [2.05, 4.69) is 22.1 Å². The Kier molecular flexibility index (Phi) is 5.80. The zero-order chi connectivity index (χ0) is 14.2. The molecule has 2 amide bonds. The number of piperazine rings is 1. The van der Waals surface area contributed by atoms with Gasteiger partial charge in [-0.2, -0.15) is 0 Å². The standard InChI is InChI=1S/C15H24N4O/c1-2-3-8-18-9-11-19(12-10-18)15(20)17-13-14-6-4-5-7-16-14/h4-7H,2-3,8-13H2,1H3,(H,17,20). The molecule has 20 heavy (non-hydrogen) atoms. The van der Waals surface area contributed by atoms with Crippen molar-refractivity contribution in [2.75, 3.05) is 32.7 Å². The molecule has 1 aliphatic heterocycles. The molecule has 1 N–H and O–H groups in total. The predicted octanol–water partition coefficient (Wildman–Crippen LogP) is 1.71. The van der Waals surface area contributed by atoms with Crippen LogP contribution in [0.25, 0.3) is 0 Å². The van der Waals surface area contributed by atoms with Gasteiger partial charge in [-0.15, -0.1) is 0 Å². The summed E-state index contributed by atoms with van der Waals surface area (Å²) in [4.78, 5) is 20.6. The summed E-state index contributed by atoms with van der Waals surface area (Å²) in [5.41, 5.74) is 0.891. The van der Waals surface area contributed by atoms with Gasteiger partial charge in [0.1, 0.15) is 0 Å². The van der Waals surface area contributed by atoms with Gasteiger partial charge in [0.2, 0.25) is 0 Å². The monoisotopic (exact) mass is 276 g/mol. The Morgan fingerprint density at radius 1 is 1.30 bits per heavy atom. The first kappa shape index (κ1) is 14.8. The molecule has 0 atom stereocenters. The second kappa shape index (κ2) is 7.85. The number of nitrogens with one attached hydrogen (secondary N) is 1. The molecule has 1 saturated heterocycles. The number of carbonyl (C=O) groups is 1. The summed E-state index contributed by atoms with van der Waals surface area (Å²) in [5.74, 6) is 0. The molecule has 0 aliphatic carbocycles. The lowest BCUT2D eigenvalue weighted by molar-refractivity contribution is 0.138. The molecule has 0 spiro atoms. The van der Waals surface area contributed by atoms with Crippen LogP contribution in [-0.4, -0.2) is 53.5 Å². The number of amides is 2. The Labute approximate surface area is 121 Å². The van der Waals surface area contributed by atoms with E-state index in [4.69, 9.17) is 0 Å². The lowest BCUT2D eigenvalue weighted by Crippen LogP contribution is -2.51. The fraction of sp³-hybridized carbons (Fsp3) is 0.600. The quantitative estimate of drug-likeness (QED) is 0.890. The number of pyridine rings is 1. The number of rotatable bonds is 5. The number of aromatic nitrogens is 1. The molecule has 0 unspecified atom stereocenters. The van der Waals surface area contributed by atoms with Gasteiger partial charge < -0.3 is 10.2 Å². The van der Waals surface area contributed by atoms with Crippen molar-refractivity contribution in [1.82, 2.24) is 20.1 Å². The number of carbonyl (C=O) groups excluding carboxylic acids is 1. The maximum absolute atomic E-state index is 12.1. The topological polar surface area (TPSA) is 48.5 Å². The number of nitrogens with zero attached hydrogens (tertiary/aromatic N) is 3. The van der Waals surface area contributed by atoms with E-state index in [1.165, 1.54) is 12.8 Å². The Morgan fingerprint density at radius 2 is 2.10 bits per heavy atom. The lowest BCUT2D eigenvalue weighted by Gasteiger charge is -2.34. The summed E-state index contributed by atoms with van der Waals surface area (Å²) in [6.45, 7) is 7.46. The highest BCUT2D eigenvalue weighted by Crippen LogP contribution is 2.04.